The normalized spacial score (nSPS) is 18.9. The maximum Gasteiger partial charge on any atom is 0.142 e. The van der Waals surface area contributed by atoms with Crippen molar-refractivity contribution in [2.45, 2.75) is 31.5 Å². The zero-order chi connectivity index (χ0) is 21.0. The van der Waals surface area contributed by atoms with E-state index in [1.165, 1.54) is 5.56 Å². The number of rotatable bonds is 6. The summed E-state index contributed by atoms with van der Waals surface area (Å²) in [5, 5.41) is 8.58. The Morgan fingerprint density at radius 2 is 1.97 bits per heavy atom. The van der Waals surface area contributed by atoms with Crippen LogP contribution in [0.4, 0.5) is 0 Å². The third-order valence-corrected chi connectivity index (χ3v) is 6.14. The molecule has 0 spiro atoms. The van der Waals surface area contributed by atoms with Crippen LogP contribution in [0.2, 0.25) is 0 Å². The lowest BCUT2D eigenvalue weighted by atomic mass is 9.92. The van der Waals surface area contributed by atoms with Crippen molar-refractivity contribution in [3.63, 3.8) is 0 Å². The molecule has 2 N–H and O–H groups in total. The minimum atomic E-state index is 0.288. The van der Waals surface area contributed by atoms with Crippen LogP contribution >= 0.6 is 0 Å². The largest absolute Gasteiger partial charge is 0.496 e. The van der Waals surface area contributed by atoms with Crippen molar-refractivity contribution in [1.29, 1.82) is 0 Å². The summed E-state index contributed by atoms with van der Waals surface area (Å²) in [6.45, 7) is 1.71. The summed E-state index contributed by atoms with van der Waals surface area (Å²) in [7, 11) is 1.73. The molecule has 5 heteroatoms. The molecular formula is C26H27N3O2. The second-order valence-corrected chi connectivity index (χ2v) is 7.98. The van der Waals surface area contributed by atoms with Gasteiger partial charge in [-0.1, -0.05) is 30.3 Å². The Bertz CT molecular complexity index is 1140. The van der Waals surface area contributed by atoms with Gasteiger partial charge in [0.15, 0.2) is 0 Å². The van der Waals surface area contributed by atoms with Crippen LogP contribution in [0.1, 0.15) is 30.0 Å². The van der Waals surface area contributed by atoms with E-state index >= 15 is 0 Å². The number of nitrogens with zero attached hydrogens (tertiary/aromatic N) is 1. The van der Waals surface area contributed by atoms with Crippen molar-refractivity contribution in [1.82, 2.24) is 15.6 Å². The monoisotopic (exact) mass is 413 g/mol. The van der Waals surface area contributed by atoms with Crippen molar-refractivity contribution in [3.05, 3.63) is 84.4 Å². The van der Waals surface area contributed by atoms with Crippen LogP contribution in [-0.2, 0) is 6.54 Å². The maximum absolute atomic E-state index is 5.92. The second kappa shape index (κ2) is 8.92. The molecule has 0 saturated carbocycles. The number of furan rings is 1. The molecule has 4 aromatic rings. The molecule has 1 aliphatic heterocycles. The smallest absolute Gasteiger partial charge is 0.142 e. The molecule has 31 heavy (non-hydrogen) atoms. The van der Waals surface area contributed by atoms with E-state index in [1.807, 2.05) is 30.6 Å². The first-order chi connectivity index (χ1) is 15.3. The average Bonchev–Trinajstić information content (AvgIpc) is 3.32. The topological polar surface area (TPSA) is 59.3 Å². The van der Waals surface area contributed by atoms with E-state index in [4.69, 9.17) is 9.15 Å². The molecule has 1 fully saturated rings. The van der Waals surface area contributed by atoms with E-state index in [9.17, 15) is 0 Å². The van der Waals surface area contributed by atoms with E-state index < -0.39 is 0 Å². The van der Waals surface area contributed by atoms with E-state index in [2.05, 4.69) is 52.0 Å². The molecule has 5 rings (SSSR count). The molecule has 2 atom stereocenters. The van der Waals surface area contributed by atoms with Gasteiger partial charge in [0.2, 0.25) is 0 Å². The third-order valence-electron chi connectivity index (χ3n) is 6.14. The number of pyridine rings is 1. The highest BCUT2D eigenvalue weighted by atomic mass is 16.5. The van der Waals surface area contributed by atoms with Gasteiger partial charge in [0.05, 0.1) is 18.9 Å². The lowest BCUT2D eigenvalue weighted by Crippen LogP contribution is -2.45. The predicted molar refractivity (Wildman–Crippen MR) is 123 cm³/mol. The minimum Gasteiger partial charge on any atom is -0.496 e. The summed E-state index contributed by atoms with van der Waals surface area (Å²) in [5.74, 6) is 0.848. The highest BCUT2D eigenvalue weighted by Gasteiger charge is 2.27. The Morgan fingerprint density at radius 3 is 2.77 bits per heavy atom. The Kier molecular flexibility index (Phi) is 5.69. The van der Waals surface area contributed by atoms with Gasteiger partial charge in [-0.05, 0) is 54.8 Å². The Hall–Kier alpha value is -3.15. The van der Waals surface area contributed by atoms with Gasteiger partial charge in [0, 0.05) is 42.0 Å². The Balaban J connectivity index is 1.49. The Morgan fingerprint density at radius 1 is 1.13 bits per heavy atom. The molecule has 0 amide bonds. The maximum atomic E-state index is 5.92. The first kappa shape index (κ1) is 19.8. The van der Waals surface area contributed by atoms with E-state index in [1.54, 1.807) is 13.4 Å². The lowest BCUT2D eigenvalue weighted by Gasteiger charge is -2.34. The van der Waals surface area contributed by atoms with Crippen LogP contribution in [0.3, 0.4) is 0 Å². The van der Waals surface area contributed by atoms with Crippen LogP contribution in [0.5, 0.6) is 5.75 Å². The number of hydrogen-bond donors (Lipinski definition) is 2. The van der Waals surface area contributed by atoms with Gasteiger partial charge in [-0.25, -0.2) is 0 Å². The molecule has 0 bridgehead atoms. The summed E-state index contributed by atoms with van der Waals surface area (Å²) in [6.07, 6.45) is 7.65. The number of benzene rings is 2. The predicted octanol–water partition coefficient (Wildman–Crippen LogP) is 5.09. The quantitative estimate of drug-likeness (QED) is 0.461. The fourth-order valence-electron chi connectivity index (χ4n) is 4.66. The average molecular weight is 414 g/mol. The van der Waals surface area contributed by atoms with Crippen LogP contribution in [0, 0.1) is 0 Å². The van der Waals surface area contributed by atoms with Gasteiger partial charge in [-0.3, -0.25) is 4.98 Å². The molecule has 0 unspecified atom stereocenters. The van der Waals surface area contributed by atoms with E-state index in [0.29, 0.717) is 12.6 Å². The minimum absolute atomic E-state index is 0.288. The first-order valence-electron chi connectivity index (χ1n) is 10.8. The van der Waals surface area contributed by atoms with Crippen molar-refractivity contribution in [3.8, 4) is 16.9 Å². The zero-order valence-corrected chi connectivity index (χ0v) is 17.7. The van der Waals surface area contributed by atoms with Gasteiger partial charge in [-0.2, -0.15) is 0 Å². The summed E-state index contributed by atoms with van der Waals surface area (Å²) in [4.78, 5) is 4.16. The Labute approximate surface area is 182 Å². The number of ether oxygens (including phenoxy) is 1. The van der Waals surface area contributed by atoms with Gasteiger partial charge in [0.25, 0.3) is 0 Å². The number of methoxy groups -OCH3 is 1. The van der Waals surface area contributed by atoms with Crippen LogP contribution in [0.15, 0.2) is 77.7 Å². The van der Waals surface area contributed by atoms with Gasteiger partial charge in [-0.15, -0.1) is 0 Å². The molecule has 3 heterocycles. The van der Waals surface area contributed by atoms with Crippen molar-refractivity contribution in [2.24, 2.45) is 0 Å². The fourth-order valence-corrected chi connectivity index (χ4v) is 4.66. The van der Waals surface area contributed by atoms with Crippen molar-refractivity contribution in [2.75, 3.05) is 13.7 Å². The fraction of sp³-hybridized carbons (Fsp3) is 0.269. The molecule has 2 aromatic heterocycles. The highest BCUT2D eigenvalue weighted by Crippen LogP contribution is 2.39. The summed E-state index contributed by atoms with van der Waals surface area (Å²) < 4.78 is 11.8. The summed E-state index contributed by atoms with van der Waals surface area (Å²) in [6, 6.07) is 19.5. The second-order valence-electron chi connectivity index (χ2n) is 7.98. The third kappa shape index (κ3) is 3.94. The molecular weight excluding hydrogens is 386 g/mol. The standard InChI is InChI=1S/C26H27N3O2/c1-30-26-21(18-9-13-27-14-10-18)16-20-11-15-31-25(20)22(26)17-29-23-8-5-12-28-24(23)19-6-3-2-4-7-19/h2-4,6-7,9-11,13-16,23-24,28-29H,5,8,12,17H2,1H3/t23-,24-/m0/s1. The molecule has 0 radical (unpaired) electrons. The summed E-state index contributed by atoms with van der Waals surface area (Å²) in [5.41, 5.74) is 5.38. The number of fused-ring (bicyclic) bond motifs is 1. The number of piperidine rings is 1. The van der Waals surface area contributed by atoms with Crippen LogP contribution in [-0.4, -0.2) is 24.7 Å². The van der Waals surface area contributed by atoms with E-state index in [0.717, 1.165) is 52.8 Å². The molecule has 0 aliphatic carbocycles. The SMILES string of the molecule is COc1c(-c2ccncc2)cc2ccoc2c1CN[C@H]1CCCN[C@H]1c1ccccc1. The molecule has 1 aliphatic rings. The van der Waals surface area contributed by atoms with Gasteiger partial charge in [0.1, 0.15) is 11.3 Å². The van der Waals surface area contributed by atoms with Gasteiger partial charge >= 0.3 is 0 Å². The van der Waals surface area contributed by atoms with Crippen LogP contribution in [0.25, 0.3) is 22.1 Å². The zero-order valence-electron chi connectivity index (χ0n) is 17.7. The van der Waals surface area contributed by atoms with Crippen molar-refractivity contribution >= 4 is 11.0 Å². The first-order valence-corrected chi connectivity index (χ1v) is 10.8. The van der Waals surface area contributed by atoms with Gasteiger partial charge < -0.3 is 19.8 Å². The molecule has 5 nitrogen and oxygen atoms in total. The number of aromatic nitrogens is 1. The number of hydrogen-bond acceptors (Lipinski definition) is 5. The lowest BCUT2D eigenvalue weighted by molar-refractivity contribution is 0.303. The van der Waals surface area contributed by atoms with E-state index in [-0.39, 0.29) is 6.04 Å². The number of nitrogens with one attached hydrogen (secondary N) is 2. The molecule has 1 saturated heterocycles. The van der Waals surface area contributed by atoms with Crippen molar-refractivity contribution < 1.29 is 9.15 Å². The molecule has 158 valence electrons. The molecule has 2 aromatic carbocycles. The van der Waals surface area contributed by atoms with Crippen LogP contribution < -0.4 is 15.4 Å². The summed E-state index contributed by atoms with van der Waals surface area (Å²) >= 11 is 0. The highest BCUT2D eigenvalue weighted by molar-refractivity contribution is 5.90.